The number of carbonyl (C=O) groups is 2. The Bertz CT molecular complexity index is 1090. The number of rotatable bonds is 4. The van der Waals surface area contributed by atoms with E-state index in [-0.39, 0.29) is 23.9 Å². The zero-order valence-electron chi connectivity index (χ0n) is 19.3. The smallest absolute Gasteiger partial charge is 0.317 e. The quantitative estimate of drug-likeness (QED) is 0.527. The molecular weight excluding hydrogens is 469 g/mol. The second-order valence-electron chi connectivity index (χ2n) is 9.99. The molecule has 0 radical (unpaired) electrons. The van der Waals surface area contributed by atoms with Gasteiger partial charge in [-0.3, -0.25) is 4.79 Å². The summed E-state index contributed by atoms with van der Waals surface area (Å²) in [5.41, 5.74) is 1.95. The average molecular weight is 500 g/mol. The van der Waals surface area contributed by atoms with Gasteiger partial charge in [-0.05, 0) is 73.4 Å². The van der Waals surface area contributed by atoms with Crippen molar-refractivity contribution < 1.29 is 9.59 Å². The maximum atomic E-state index is 13.7. The molecule has 1 saturated carbocycles. The van der Waals surface area contributed by atoms with E-state index in [0.29, 0.717) is 23.0 Å². The van der Waals surface area contributed by atoms with Crippen molar-refractivity contribution in [2.24, 2.45) is 5.92 Å². The van der Waals surface area contributed by atoms with Crippen LogP contribution in [0.2, 0.25) is 10.0 Å². The van der Waals surface area contributed by atoms with Crippen LogP contribution in [0.5, 0.6) is 0 Å². The summed E-state index contributed by atoms with van der Waals surface area (Å²) < 4.78 is 0. The van der Waals surface area contributed by atoms with E-state index < -0.39 is 5.41 Å². The molecule has 2 aliphatic heterocycles. The summed E-state index contributed by atoms with van der Waals surface area (Å²) in [5, 5.41) is 7.60. The van der Waals surface area contributed by atoms with Crippen molar-refractivity contribution in [3.8, 4) is 0 Å². The average Bonchev–Trinajstić information content (AvgIpc) is 3.10. The lowest BCUT2D eigenvalue weighted by Gasteiger charge is -2.43. The van der Waals surface area contributed by atoms with Gasteiger partial charge < -0.3 is 15.5 Å². The molecule has 2 aromatic rings. The molecule has 2 heterocycles. The molecule has 2 unspecified atom stereocenters. The molecule has 2 atom stereocenters. The first-order valence-electron chi connectivity index (χ1n) is 12.4. The van der Waals surface area contributed by atoms with E-state index in [0.717, 1.165) is 49.0 Å². The van der Waals surface area contributed by atoms with Crippen LogP contribution in [0.1, 0.15) is 56.1 Å². The van der Waals surface area contributed by atoms with Gasteiger partial charge in [0.2, 0.25) is 5.91 Å². The number of hydrogen-bond donors (Lipinski definition) is 2. The largest absolute Gasteiger partial charge is 0.335 e. The van der Waals surface area contributed by atoms with Crippen LogP contribution >= 0.6 is 23.2 Å². The van der Waals surface area contributed by atoms with Gasteiger partial charge in [-0.1, -0.05) is 60.7 Å². The highest BCUT2D eigenvalue weighted by atomic mass is 35.5. The van der Waals surface area contributed by atoms with Gasteiger partial charge in [0.1, 0.15) is 0 Å². The van der Waals surface area contributed by atoms with Crippen LogP contribution < -0.4 is 10.6 Å². The van der Waals surface area contributed by atoms with E-state index >= 15 is 0 Å². The second-order valence-corrected chi connectivity index (χ2v) is 10.9. The minimum Gasteiger partial charge on any atom is -0.335 e. The first-order valence-corrected chi connectivity index (χ1v) is 13.1. The summed E-state index contributed by atoms with van der Waals surface area (Å²) in [4.78, 5) is 28.8. The molecule has 2 fully saturated rings. The van der Waals surface area contributed by atoms with Crippen molar-refractivity contribution in [1.82, 2.24) is 10.2 Å². The molecule has 0 aromatic heterocycles. The monoisotopic (exact) mass is 499 g/mol. The van der Waals surface area contributed by atoms with Crippen LogP contribution in [0.25, 0.3) is 0 Å². The molecule has 3 amide bonds. The first kappa shape index (κ1) is 23.5. The van der Waals surface area contributed by atoms with E-state index in [2.05, 4.69) is 10.6 Å². The molecular formula is C27H31Cl2N3O2. The van der Waals surface area contributed by atoms with Crippen molar-refractivity contribution in [3.63, 3.8) is 0 Å². The summed E-state index contributed by atoms with van der Waals surface area (Å²) in [6.07, 6.45) is 7.99. The molecule has 3 aliphatic rings. The second kappa shape index (κ2) is 9.79. The van der Waals surface area contributed by atoms with Crippen LogP contribution in [0.3, 0.4) is 0 Å². The molecule has 1 aliphatic carbocycles. The van der Waals surface area contributed by atoms with Crippen molar-refractivity contribution in [2.75, 3.05) is 18.4 Å². The Labute approximate surface area is 211 Å². The Morgan fingerprint density at radius 2 is 1.82 bits per heavy atom. The third-order valence-corrected chi connectivity index (χ3v) is 8.30. The normalized spacial score (nSPS) is 25.1. The van der Waals surface area contributed by atoms with Gasteiger partial charge in [0, 0.05) is 34.9 Å². The number of nitrogens with zero attached hydrogens (tertiary/aromatic N) is 1. The molecule has 2 N–H and O–H groups in total. The maximum absolute atomic E-state index is 13.7. The number of fused-ring (bicyclic) bond motifs is 1. The molecule has 7 heteroatoms. The standard InChI is InChI=1S/C27H31Cl2N3O2/c28-20-8-4-6-18(14-20)16-27(23-12-11-21(29)15-24(23)31-25(27)33)19-7-5-13-32(17-19)26(34)30-22-9-2-1-3-10-22/h4,6,8,11-12,14-15,19,22H,1-3,5,7,9-10,13,16-17H2,(H,30,34)(H,31,33). The topological polar surface area (TPSA) is 61.4 Å². The Hall–Kier alpha value is -2.24. The molecule has 180 valence electrons. The van der Waals surface area contributed by atoms with Crippen LogP contribution in [0.15, 0.2) is 42.5 Å². The fraction of sp³-hybridized carbons (Fsp3) is 0.481. The maximum Gasteiger partial charge on any atom is 0.317 e. The van der Waals surface area contributed by atoms with Gasteiger partial charge >= 0.3 is 6.03 Å². The summed E-state index contributed by atoms with van der Waals surface area (Å²) in [5.74, 6) is -0.0379. The predicted molar refractivity (Wildman–Crippen MR) is 137 cm³/mol. The fourth-order valence-electron chi connectivity index (χ4n) is 6.14. The van der Waals surface area contributed by atoms with Gasteiger partial charge in [-0.25, -0.2) is 4.79 Å². The third-order valence-electron chi connectivity index (χ3n) is 7.83. The number of hydrogen-bond acceptors (Lipinski definition) is 2. The summed E-state index contributed by atoms with van der Waals surface area (Å²) in [7, 11) is 0. The third kappa shape index (κ3) is 4.52. The van der Waals surface area contributed by atoms with Crippen molar-refractivity contribution in [3.05, 3.63) is 63.6 Å². The van der Waals surface area contributed by atoms with Gasteiger partial charge in [0.25, 0.3) is 0 Å². The zero-order chi connectivity index (χ0) is 23.7. The number of benzene rings is 2. The lowest BCUT2D eigenvalue weighted by molar-refractivity contribution is -0.123. The van der Waals surface area contributed by atoms with Crippen molar-refractivity contribution in [1.29, 1.82) is 0 Å². The number of nitrogens with one attached hydrogen (secondary N) is 2. The van der Waals surface area contributed by atoms with Crippen LogP contribution in [0, 0.1) is 5.92 Å². The molecule has 1 saturated heterocycles. The Kier molecular flexibility index (Phi) is 6.76. The zero-order valence-corrected chi connectivity index (χ0v) is 20.8. The highest BCUT2D eigenvalue weighted by Gasteiger charge is 2.53. The van der Waals surface area contributed by atoms with E-state index in [4.69, 9.17) is 23.2 Å². The van der Waals surface area contributed by atoms with Gasteiger partial charge in [-0.2, -0.15) is 0 Å². The number of anilines is 1. The number of carbonyl (C=O) groups excluding carboxylic acids is 2. The minimum absolute atomic E-state index is 0.00393. The summed E-state index contributed by atoms with van der Waals surface area (Å²) in [6.45, 7) is 1.27. The fourth-order valence-corrected chi connectivity index (χ4v) is 6.52. The molecule has 0 spiro atoms. The minimum atomic E-state index is -0.783. The number of urea groups is 1. The Morgan fingerprint density at radius 1 is 1.03 bits per heavy atom. The number of likely N-dealkylation sites (tertiary alicyclic amines) is 1. The van der Waals surface area contributed by atoms with Gasteiger partial charge in [-0.15, -0.1) is 0 Å². The molecule has 34 heavy (non-hydrogen) atoms. The Balaban J connectivity index is 1.46. The molecule has 5 nitrogen and oxygen atoms in total. The summed E-state index contributed by atoms with van der Waals surface area (Å²) >= 11 is 12.6. The lowest BCUT2D eigenvalue weighted by atomic mass is 9.65. The highest BCUT2D eigenvalue weighted by Crippen LogP contribution is 2.49. The number of amides is 3. The van der Waals surface area contributed by atoms with Gasteiger partial charge in [0.05, 0.1) is 5.41 Å². The predicted octanol–water partition coefficient (Wildman–Crippen LogP) is 6.18. The molecule has 2 aromatic carbocycles. The van der Waals surface area contributed by atoms with E-state index in [1.165, 1.54) is 19.3 Å². The van der Waals surface area contributed by atoms with E-state index in [1.54, 1.807) is 0 Å². The number of piperidine rings is 1. The highest BCUT2D eigenvalue weighted by molar-refractivity contribution is 6.31. The Morgan fingerprint density at radius 3 is 2.62 bits per heavy atom. The van der Waals surface area contributed by atoms with Crippen LogP contribution in [-0.4, -0.2) is 36.0 Å². The van der Waals surface area contributed by atoms with Gasteiger partial charge in [0.15, 0.2) is 0 Å². The van der Waals surface area contributed by atoms with Crippen LogP contribution in [-0.2, 0) is 16.6 Å². The van der Waals surface area contributed by atoms with E-state index in [9.17, 15) is 9.59 Å². The first-order chi connectivity index (χ1) is 16.5. The molecule has 5 rings (SSSR count). The summed E-state index contributed by atoms with van der Waals surface area (Å²) in [6, 6.07) is 13.6. The van der Waals surface area contributed by atoms with Crippen molar-refractivity contribution in [2.45, 2.75) is 62.8 Å². The SMILES string of the molecule is O=C(NC1CCCCC1)N1CCCC(C2(Cc3cccc(Cl)c3)C(=O)Nc3cc(Cl)ccc32)C1. The van der Waals surface area contributed by atoms with Crippen LogP contribution in [0.4, 0.5) is 10.5 Å². The van der Waals surface area contributed by atoms with E-state index in [1.807, 2.05) is 47.4 Å². The van der Waals surface area contributed by atoms with Crippen molar-refractivity contribution >= 4 is 40.8 Å². The number of halogens is 2. The molecule has 0 bridgehead atoms. The lowest BCUT2D eigenvalue weighted by Crippen LogP contribution is -2.55.